The van der Waals surface area contributed by atoms with E-state index in [0.29, 0.717) is 24.1 Å². The zero-order valence-electron chi connectivity index (χ0n) is 14.8. The van der Waals surface area contributed by atoms with E-state index in [1.807, 2.05) is 0 Å². The van der Waals surface area contributed by atoms with E-state index in [1.165, 1.54) is 30.0 Å². The van der Waals surface area contributed by atoms with Crippen LogP contribution in [0.5, 0.6) is 0 Å². The van der Waals surface area contributed by atoms with Crippen LogP contribution in [0.4, 0.5) is 11.4 Å². The fraction of sp³-hybridized carbons (Fsp3) is 0.500. The monoisotopic (exact) mass is 387 g/mol. The number of nitro groups is 1. The zero-order chi connectivity index (χ0) is 18.8. The molecule has 2 heterocycles. The Morgan fingerprint density at radius 1 is 1.19 bits per heavy atom. The topological polar surface area (TPSA) is 101 Å². The van der Waals surface area contributed by atoms with Crippen molar-refractivity contribution in [1.82, 2.24) is 15.1 Å². The molecule has 2 fully saturated rings. The van der Waals surface area contributed by atoms with E-state index >= 15 is 0 Å². The van der Waals surface area contributed by atoms with Crippen molar-refractivity contribution in [3.05, 3.63) is 44.4 Å². The molecule has 0 radical (unpaired) electrons. The van der Waals surface area contributed by atoms with Crippen LogP contribution in [0.15, 0.2) is 24.3 Å². The predicted octanol–water partition coefficient (Wildman–Crippen LogP) is 3.14. The highest BCUT2D eigenvalue weighted by Crippen LogP contribution is 2.43. The number of hydrogen-bond donors (Lipinski definition) is 1. The molecule has 4 rings (SSSR count). The maximum atomic E-state index is 12.3. The molecule has 1 aliphatic carbocycles. The second kappa shape index (κ2) is 7.69. The standard InChI is InChI=1S/C18H21N5O3S/c24-16(19-14-2-1-3-15(10-14)23(25)26)11-22-8-6-13(7-9-22)18-21-20-17(27-18)12-4-5-12/h1-3,10,12-13H,4-9,11H2,(H,19,24). The summed E-state index contributed by atoms with van der Waals surface area (Å²) in [6.45, 7) is 1.97. The van der Waals surface area contributed by atoms with E-state index < -0.39 is 4.92 Å². The van der Waals surface area contributed by atoms with Crippen LogP contribution in [0.2, 0.25) is 0 Å². The zero-order valence-corrected chi connectivity index (χ0v) is 15.7. The second-order valence-electron chi connectivity index (χ2n) is 7.16. The number of nitro benzene ring substituents is 1. The summed E-state index contributed by atoms with van der Waals surface area (Å²) in [5.41, 5.74) is 0.418. The van der Waals surface area contributed by atoms with Crippen LogP contribution in [0.25, 0.3) is 0 Å². The van der Waals surface area contributed by atoms with Crippen molar-refractivity contribution in [2.45, 2.75) is 37.5 Å². The van der Waals surface area contributed by atoms with Gasteiger partial charge in [0, 0.05) is 29.7 Å². The van der Waals surface area contributed by atoms with Crippen LogP contribution < -0.4 is 5.32 Å². The molecule has 142 valence electrons. The van der Waals surface area contributed by atoms with Crippen molar-refractivity contribution < 1.29 is 9.72 Å². The number of carbonyl (C=O) groups is 1. The maximum absolute atomic E-state index is 12.3. The number of aromatic nitrogens is 2. The van der Waals surface area contributed by atoms with Gasteiger partial charge in [0.25, 0.3) is 5.69 Å². The van der Waals surface area contributed by atoms with E-state index in [-0.39, 0.29) is 11.6 Å². The van der Waals surface area contributed by atoms with Crippen LogP contribution in [0.3, 0.4) is 0 Å². The number of rotatable bonds is 6. The van der Waals surface area contributed by atoms with Gasteiger partial charge in [0.15, 0.2) is 0 Å². The van der Waals surface area contributed by atoms with Gasteiger partial charge < -0.3 is 5.32 Å². The van der Waals surface area contributed by atoms with Gasteiger partial charge in [0.05, 0.1) is 11.5 Å². The van der Waals surface area contributed by atoms with Gasteiger partial charge in [-0.3, -0.25) is 19.8 Å². The molecule has 1 aliphatic heterocycles. The summed E-state index contributed by atoms with van der Waals surface area (Å²) in [4.78, 5) is 24.7. The van der Waals surface area contributed by atoms with Gasteiger partial charge in [0.1, 0.15) is 10.0 Å². The average molecular weight is 387 g/mol. The molecule has 1 saturated carbocycles. The first-order chi connectivity index (χ1) is 13.1. The van der Waals surface area contributed by atoms with E-state index in [4.69, 9.17) is 0 Å². The van der Waals surface area contributed by atoms with Crippen molar-refractivity contribution in [2.24, 2.45) is 0 Å². The van der Waals surface area contributed by atoms with Gasteiger partial charge in [-0.05, 0) is 44.8 Å². The molecule has 1 amide bonds. The molecule has 1 N–H and O–H groups in total. The molecule has 2 aromatic rings. The van der Waals surface area contributed by atoms with E-state index in [9.17, 15) is 14.9 Å². The molecule has 9 heteroatoms. The summed E-state index contributed by atoms with van der Waals surface area (Å²) >= 11 is 1.76. The number of amides is 1. The molecule has 0 bridgehead atoms. The van der Waals surface area contributed by atoms with Gasteiger partial charge in [-0.25, -0.2) is 0 Å². The summed E-state index contributed by atoms with van der Waals surface area (Å²) in [7, 11) is 0. The molecule has 0 unspecified atom stereocenters. The number of piperidine rings is 1. The van der Waals surface area contributed by atoms with Crippen molar-refractivity contribution in [1.29, 1.82) is 0 Å². The Morgan fingerprint density at radius 2 is 1.85 bits per heavy atom. The Morgan fingerprint density at radius 3 is 2.48 bits per heavy atom. The third-order valence-electron chi connectivity index (χ3n) is 5.03. The predicted molar refractivity (Wildman–Crippen MR) is 102 cm³/mol. The van der Waals surface area contributed by atoms with Crippen molar-refractivity contribution >= 4 is 28.6 Å². The van der Waals surface area contributed by atoms with Crippen LogP contribution in [-0.2, 0) is 4.79 Å². The van der Waals surface area contributed by atoms with Gasteiger partial charge in [0.2, 0.25) is 5.91 Å². The normalized spacial score (nSPS) is 18.4. The minimum Gasteiger partial charge on any atom is -0.325 e. The fourth-order valence-corrected chi connectivity index (χ4v) is 4.53. The van der Waals surface area contributed by atoms with Crippen LogP contribution in [0, 0.1) is 10.1 Å². The van der Waals surface area contributed by atoms with Crippen molar-refractivity contribution in [3.63, 3.8) is 0 Å². The number of hydrogen-bond acceptors (Lipinski definition) is 7. The maximum Gasteiger partial charge on any atom is 0.271 e. The number of nitrogens with one attached hydrogen (secondary N) is 1. The largest absolute Gasteiger partial charge is 0.325 e. The average Bonchev–Trinajstić information content (AvgIpc) is 3.39. The van der Waals surface area contributed by atoms with Crippen LogP contribution in [-0.4, -0.2) is 45.6 Å². The van der Waals surface area contributed by atoms with Gasteiger partial charge in [-0.1, -0.05) is 6.07 Å². The number of anilines is 1. The summed E-state index contributed by atoms with van der Waals surface area (Å²) in [5, 5.41) is 24.6. The molecule has 1 aromatic heterocycles. The molecule has 2 aliphatic rings. The quantitative estimate of drug-likeness (QED) is 0.603. The van der Waals surface area contributed by atoms with Crippen LogP contribution in [0.1, 0.15) is 47.5 Å². The number of carbonyl (C=O) groups excluding carboxylic acids is 1. The fourth-order valence-electron chi connectivity index (χ4n) is 3.35. The van der Waals surface area contributed by atoms with Gasteiger partial charge in [-0.15, -0.1) is 21.5 Å². The molecular formula is C18H21N5O3S. The lowest BCUT2D eigenvalue weighted by Crippen LogP contribution is -2.38. The van der Waals surface area contributed by atoms with Crippen LogP contribution >= 0.6 is 11.3 Å². The molecular weight excluding hydrogens is 366 g/mol. The molecule has 1 saturated heterocycles. The Balaban J connectivity index is 1.26. The SMILES string of the molecule is O=C(CN1CCC(c2nnc(C3CC3)s2)CC1)Nc1cccc([N+](=O)[O-])c1. The number of likely N-dealkylation sites (tertiary alicyclic amines) is 1. The Hall–Kier alpha value is -2.39. The first-order valence-electron chi connectivity index (χ1n) is 9.18. The summed E-state index contributed by atoms with van der Waals surface area (Å²) in [6.07, 6.45) is 4.44. The number of non-ortho nitro benzene ring substituents is 1. The third-order valence-corrected chi connectivity index (χ3v) is 6.28. The van der Waals surface area contributed by atoms with Gasteiger partial charge >= 0.3 is 0 Å². The van der Waals surface area contributed by atoms with Crippen molar-refractivity contribution in [2.75, 3.05) is 25.0 Å². The Labute approximate surface area is 160 Å². The third kappa shape index (κ3) is 4.48. The minimum absolute atomic E-state index is 0.0313. The lowest BCUT2D eigenvalue weighted by molar-refractivity contribution is -0.384. The number of nitrogens with zero attached hydrogens (tertiary/aromatic N) is 4. The summed E-state index contributed by atoms with van der Waals surface area (Å²) in [6, 6.07) is 6.00. The van der Waals surface area contributed by atoms with Crippen molar-refractivity contribution in [3.8, 4) is 0 Å². The molecule has 0 atom stereocenters. The molecule has 8 nitrogen and oxygen atoms in total. The summed E-state index contributed by atoms with van der Waals surface area (Å²) < 4.78 is 0. The highest BCUT2D eigenvalue weighted by atomic mass is 32.1. The first kappa shape index (κ1) is 18.0. The Kier molecular flexibility index (Phi) is 5.13. The summed E-state index contributed by atoms with van der Waals surface area (Å²) in [5.74, 6) is 0.931. The highest BCUT2D eigenvalue weighted by molar-refractivity contribution is 7.11. The lowest BCUT2D eigenvalue weighted by Gasteiger charge is -2.30. The Bertz CT molecular complexity index is 843. The highest BCUT2D eigenvalue weighted by Gasteiger charge is 2.30. The van der Waals surface area contributed by atoms with E-state index in [0.717, 1.165) is 30.9 Å². The minimum atomic E-state index is -0.470. The number of benzene rings is 1. The molecule has 1 aromatic carbocycles. The molecule has 0 spiro atoms. The van der Waals surface area contributed by atoms with E-state index in [1.54, 1.807) is 23.5 Å². The second-order valence-corrected chi connectivity index (χ2v) is 8.20. The lowest BCUT2D eigenvalue weighted by atomic mass is 9.98. The first-order valence-corrected chi connectivity index (χ1v) is 10.00. The smallest absolute Gasteiger partial charge is 0.271 e. The van der Waals surface area contributed by atoms with E-state index in [2.05, 4.69) is 20.4 Å². The van der Waals surface area contributed by atoms with Gasteiger partial charge in [-0.2, -0.15) is 0 Å². The molecule has 27 heavy (non-hydrogen) atoms.